The van der Waals surface area contributed by atoms with Crippen LogP contribution in [0.25, 0.3) is 0 Å². The first-order chi connectivity index (χ1) is 16.7. The van der Waals surface area contributed by atoms with Gasteiger partial charge in [0.1, 0.15) is 11.5 Å². The minimum absolute atomic E-state index is 0.0521. The van der Waals surface area contributed by atoms with Gasteiger partial charge in [-0.2, -0.15) is 0 Å². The van der Waals surface area contributed by atoms with E-state index in [1.807, 2.05) is 0 Å². The van der Waals surface area contributed by atoms with E-state index in [1.165, 1.54) is 39.3 Å². The molecule has 0 bridgehead atoms. The number of ether oxygens (including phenoxy) is 3. The largest absolute Gasteiger partial charge is 0.497 e. The summed E-state index contributed by atoms with van der Waals surface area (Å²) in [5, 5.41) is 2.63. The second-order valence-electron chi connectivity index (χ2n) is 7.79. The first kappa shape index (κ1) is 23.5. The molecule has 1 aliphatic carbocycles. The van der Waals surface area contributed by atoms with Crippen LogP contribution < -0.4 is 20.5 Å². The van der Waals surface area contributed by atoms with Crippen LogP contribution in [0.3, 0.4) is 0 Å². The molecule has 0 saturated heterocycles. The van der Waals surface area contributed by atoms with Crippen LogP contribution in [0.1, 0.15) is 49.1 Å². The highest BCUT2D eigenvalue weighted by Crippen LogP contribution is 2.33. The molecule has 0 aliphatic heterocycles. The van der Waals surface area contributed by atoms with Crippen LogP contribution in [0.4, 0.5) is 11.4 Å². The smallest absolute Gasteiger partial charge is 0.341 e. The second-order valence-corrected chi connectivity index (χ2v) is 7.79. The Morgan fingerprint density at radius 2 is 1.46 bits per heavy atom. The van der Waals surface area contributed by atoms with Crippen LogP contribution in [-0.4, -0.2) is 43.8 Å². The van der Waals surface area contributed by atoms with E-state index in [0.29, 0.717) is 17.2 Å². The quantitative estimate of drug-likeness (QED) is 0.321. The van der Waals surface area contributed by atoms with Crippen molar-refractivity contribution in [3.05, 3.63) is 82.4 Å². The van der Waals surface area contributed by atoms with Gasteiger partial charge in [-0.05, 0) is 19.1 Å². The summed E-state index contributed by atoms with van der Waals surface area (Å²) in [6.45, 7) is 1.39. The number of carbonyl (C=O) groups excluding carboxylic acids is 4. The van der Waals surface area contributed by atoms with Crippen LogP contribution in [-0.2, 0) is 9.53 Å². The van der Waals surface area contributed by atoms with E-state index in [4.69, 9.17) is 19.9 Å². The second kappa shape index (κ2) is 9.30. The topological polar surface area (TPSA) is 134 Å². The maximum absolute atomic E-state index is 13.0. The Morgan fingerprint density at radius 1 is 0.857 bits per heavy atom. The van der Waals surface area contributed by atoms with Crippen LogP contribution in [0.2, 0.25) is 0 Å². The zero-order valence-electron chi connectivity index (χ0n) is 19.2. The zero-order chi connectivity index (χ0) is 25.3. The summed E-state index contributed by atoms with van der Waals surface area (Å²) in [5.74, 6) is -1.40. The van der Waals surface area contributed by atoms with Crippen molar-refractivity contribution in [2.45, 2.75) is 13.0 Å². The van der Waals surface area contributed by atoms with Gasteiger partial charge in [-0.15, -0.1) is 0 Å². The summed E-state index contributed by atoms with van der Waals surface area (Å²) in [6, 6.07) is 13.9. The van der Waals surface area contributed by atoms with E-state index in [9.17, 15) is 19.2 Å². The number of anilines is 2. The Balaban J connectivity index is 1.54. The zero-order valence-corrected chi connectivity index (χ0v) is 19.2. The molecule has 3 aromatic rings. The molecule has 35 heavy (non-hydrogen) atoms. The molecule has 0 aromatic heterocycles. The number of hydrogen-bond donors (Lipinski definition) is 2. The van der Waals surface area contributed by atoms with Crippen molar-refractivity contribution >= 4 is 34.8 Å². The fourth-order valence-electron chi connectivity index (χ4n) is 3.79. The highest BCUT2D eigenvalue weighted by Gasteiger charge is 2.33. The lowest BCUT2D eigenvalue weighted by molar-refractivity contribution is -0.123. The standard InChI is InChI=1S/C26H22N2O7/c1-13(25(31)28-14-10-15(33-2)12-16(11-14)34-3)35-26(32)20-9-8-19-21(22(20)27)24(30)18-7-5-4-6-17(18)23(19)29/h4-13H,27H2,1-3H3,(H,28,31). The number of fused-ring (bicyclic) bond motifs is 2. The van der Waals surface area contributed by atoms with Crippen LogP contribution in [0.15, 0.2) is 54.6 Å². The fourth-order valence-corrected chi connectivity index (χ4v) is 3.79. The molecular formula is C26H22N2O7. The fraction of sp³-hybridized carbons (Fsp3) is 0.154. The van der Waals surface area contributed by atoms with E-state index in [0.717, 1.165) is 0 Å². The minimum atomic E-state index is -1.20. The highest BCUT2D eigenvalue weighted by atomic mass is 16.5. The summed E-state index contributed by atoms with van der Waals surface area (Å²) in [4.78, 5) is 51.3. The number of methoxy groups -OCH3 is 2. The number of ketones is 2. The molecule has 0 saturated carbocycles. The van der Waals surface area contributed by atoms with Gasteiger partial charge in [0.25, 0.3) is 5.91 Å². The van der Waals surface area contributed by atoms with Crippen molar-refractivity contribution < 1.29 is 33.4 Å². The average Bonchev–Trinajstić information content (AvgIpc) is 2.86. The number of nitrogens with one attached hydrogen (secondary N) is 1. The molecule has 3 aromatic carbocycles. The van der Waals surface area contributed by atoms with E-state index < -0.39 is 23.8 Å². The van der Waals surface area contributed by atoms with Gasteiger partial charge in [-0.25, -0.2) is 4.79 Å². The maximum atomic E-state index is 13.0. The lowest BCUT2D eigenvalue weighted by Gasteiger charge is -2.20. The van der Waals surface area contributed by atoms with Gasteiger partial charge in [0.2, 0.25) is 0 Å². The van der Waals surface area contributed by atoms with Crippen molar-refractivity contribution in [3.8, 4) is 11.5 Å². The van der Waals surface area contributed by atoms with Gasteiger partial charge in [0.15, 0.2) is 17.7 Å². The Morgan fingerprint density at radius 3 is 2.06 bits per heavy atom. The lowest BCUT2D eigenvalue weighted by atomic mass is 9.82. The summed E-state index contributed by atoms with van der Waals surface area (Å²) >= 11 is 0. The number of nitrogen functional groups attached to an aromatic ring is 1. The van der Waals surface area contributed by atoms with E-state index in [2.05, 4.69) is 5.32 Å². The third-order valence-electron chi connectivity index (χ3n) is 5.63. The average molecular weight is 474 g/mol. The summed E-state index contributed by atoms with van der Waals surface area (Å²) in [6.07, 6.45) is -1.20. The molecule has 1 aliphatic rings. The summed E-state index contributed by atoms with van der Waals surface area (Å²) in [7, 11) is 2.95. The molecule has 0 radical (unpaired) electrons. The molecule has 0 fully saturated rings. The first-order valence-corrected chi connectivity index (χ1v) is 10.6. The third-order valence-corrected chi connectivity index (χ3v) is 5.63. The highest BCUT2D eigenvalue weighted by molar-refractivity contribution is 6.30. The van der Waals surface area contributed by atoms with E-state index >= 15 is 0 Å². The molecule has 9 heteroatoms. The summed E-state index contributed by atoms with van der Waals surface area (Å²) < 4.78 is 15.7. The summed E-state index contributed by atoms with van der Waals surface area (Å²) in [5.41, 5.74) is 6.79. The van der Waals surface area contributed by atoms with Gasteiger partial charge < -0.3 is 25.3 Å². The monoisotopic (exact) mass is 474 g/mol. The van der Waals surface area contributed by atoms with Gasteiger partial charge in [0.05, 0.1) is 31.0 Å². The Labute approximate surface area is 200 Å². The molecule has 0 spiro atoms. The number of esters is 1. The molecule has 178 valence electrons. The van der Waals surface area contributed by atoms with Crippen molar-refractivity contribution in [2.24, 2.45) is 0 Å². The molecule has 4 rings (SSSR count). The van der Waals surface area contributed by atoms with Crippen molar-refractivity contribution in [1.29, 1.82) is 0 Å². The number of nitrogens with two attached hydrogens (primary N) is 1. The first-order valence-electron chi connectivity index (χ1n) is 10.6. The third kappa shape index (κ3) is 4.31. The molecule has 1 amide bonds. The number of carbonyl (C=O) groups is 4. The SMILES string of the molecule is COc1cc(NC(=O)C(C)OC(=O)c2ccc3c(c2N)C(=O)c2ccccc2C3=O)cc(OC)c1. The number of rotatable bonds is 6. The van der Waals surface area contributed by atoms with E-state index in [1.54, 1.807) is 36.4 Å². The molecule has 3 N–H and O–H groups in total. The number of hydrogen-bond acceptors (Lipinski definition) is 8. The Hall–Kier alpha value is -4.66. The molecule has 1 unspecified atom stereocenters. The number of amides is 1. The Kier molecular flexibility index (Phi) is 6.24. The minimum Gasteiger partial charge on any atom is -0.497 e. The number of benzene rings is 3. The van der Waals surface area contributed by atoms with Gasteiger partial charge in [0, 0.05) is 40.6 Å². The molecule has 0 heterocycles. The molecule has 9 nitrogen and oxygen atoms in total. The van der Waals surface area contributed by atoms with Crippen LogP contribution in [0.5, 0.6) is 11.5 Å². The van der Waals surface area contributed by atoms with Crippen molar-refractivity contribution in [3.63, 3.8) is 0 Å². The van der Waals surface area contributed by atoms with Crippen molar-refractivity contribution in [1.82, 2.24) is 0 Å². The molecular weight excluding hydrogens is 452 g/mol. The molecule has 1 atom stereocenters. The van der Waals surface area contributed by atoms with Gasteiger partial charge in [-0.1, -0.05) is 24.3 Å². The van der Waals surface area contributed by atoms with Crippen LogP contribution >= 0.6 is 0 Å². The predicted octanol–water partition coefficient (Wildman–Crippen LogP) is 3.25. The lowest BCUT2D eigenvalue weighted by Crippen LogP contribution is -2.30. The van der Waals surface area contributed by atoms with Gasteiger partial charge in [-0.3, -0.25) is 14.4 Å². The normalized spacial score (nSPS) is 12.8. The van der Waals surface area contributed by atoms with E-state index in [-0.39, 0.29) is 39.3 Å². The van der Waals surface area contributed by atoms with Gasteiger partial charge >= 0.3 is 5.97 Å². The van der Waals surface area contributed by atoms with Crippen molar-refractivity contribution in [2.75, 3.05) is 25.3 Å². The predicted molar refractivity (Wildman–Crippen MR) is 127 cm³/mol. The van der Waals surface area contributed by atoms with Crippen LogP contribution in [0, 0.1) is 0 Å². The Bertz CT molecular complexity index is 1360. The maximum Gasteiger partial charge on any atom is 0.341 e.